The van der Waals surface area contributed by atoms with Crippen molar-refractivity contribution in [1.82, 2.24) is 9.78 Å². The molecule has 1 N–H and O–H groups in total. The normalized spacial score (nSPS) is 10.6. The van der Waals surface area contributed by atoms with E-state index in [1.165, 1.54) is 22.9 Å². The highest BCUT2D eigenvalue weighted by atomic mass is 79.9. The average molecular weight is 609 g/mol. The fourth-order valence-corrected chi connectivity index (χ4v) is 4.33. The molecule has 1 aromatic heterocycles. The molecule has 8 nitrogen and oxygen atoms in total. The van der Waals surface area contributed by atoms with Crippen LogP contribution in [0.5, 0.6) is 5.75 Å². The largest absolute Gasteiger partial charge is 0.470 e. The highest BCUT2D eigenvalue weighted by Gasteiger charge is 2.18. The van der Waals surface area contributed by atoms with Crippen LogP contribution in [0.4, 0.5) is 11.4 Å². The molecule has 12 heteroatoms. The molecule has 0 aliphatic rings. The van der Waals surface area contributed by atoms with Crippen molar-refractivity contribution in [2.45, 2.75) is 6.73 Å². The van der Waals surface area contributed by atoms with Gasteiger partial charge in [0.1, 0.15) is 5.75 Å². The number of halogens is 4. The number of rotatable bonds is 6. The predicted octanol–water partition coefficient (Wildman–Crippen LogP) is 6.02. The molecule has 0 aliphatic heterocycles. The summed E-state index contributed by atoms with van der Waals surface area (Å²) in [4.78, 5) is 22.9. The predicted molar refractivity (Wildman–Crippen MR) is 118 cm³/mol. The standard InChI is InChI=1S/C17H10Br3ClN4O4/c18-9-1-2-15(13(21)5-9)29-8-24-4-3-14(23-24)17(26)22-16-11(19)6-10(25(27)28)7-12(16)20/h1-7H,8H2,(H,22,26). The van der Waals surface area contributed by atoms with Crippen LogP contribution in [0.25, 0.3) is 0 Å². The van der Waals surface area contributed by atoms with E-state index in [4.69, 9.17) is 16.3 Å². The van der Waals surface area contributed by atoms with E-state index >= 15 is 0 Å². The molecule has 150 valence electrons. The number of nitrogens with one attached hydrogen (secondary N) is 1. The van der Waals surface area contributed by atoms with E-state index in [1.807, 2.05) is 0 Å². The minimum absolute atomic E-state index is 0.0551. The molecule has 2 aromatic carbocycles. The fourth-order valence-electron chi connectivity index (χ4n) is 2.24. The summed E-state index contributed by atoms with van der Waals surface area (Å²) in [7, 11) is 0. The Kier molecular flexibility index (Phi) is 6.93. The molecule has 29 heavy (non-hydrogen) atoms. The zero-order chi connectivity index (χ0) is 21.1. The summed E-state index contributed by atoms with van der Waals surface area (Å²) in [5.74, 6) is -0.00390. The van der Waals surface area contributed by atoms with Gasteiger partial charge >= 0.3 is 0 Å². The Bertz CT molecular complexity index is 1080. The minimum atomic E-state index is -0.527. The third-order valence-electron chi connectivity index (χ3n) is 3.60. The Balaban J connectivity index is 1.69. The molecule has 0 saturated carbocycles. The number of nitro groups is 1. The van der Waals surface area contributed by atoms with E-state index in [0.29, 0.717) is 25.4 Å². The van der Waals surface area contributed by atoms with Gasteiger partial charge in [-0.1, -0.05) is 27.5 Å². The number of anilines is 1. The van der Waals surface area contributed by atoms with Gasteiger partial charge in [0, 0.05) is 31.7 Å². The number of ether oxygens (including phenoxy) is 1. The molecular formula is C17H10Br3ClN4O4. The van der Waals surface area contributed by atoms with Crippen LogP contribution in [0.3, 0.4) is 0 Å². The molecule has 0 unspecified atom stereocenters. The van der Waals surface area contributed by atoms with Gasteiger partial charge in [-0.15, -0.1) is 0 Å². The van der Waals surface area contributed by atoms with Gasteiger partial charge in [-0.3, -0.25) is 14.9 Å². The van der Waals surface area contributed by atoms with Crippen molar-refractivity contribution in [1.29, 1.82) is 0 Å². The summed E-state index contributed by atoms with van der Waals surface area (Å²) in [6, 6.07) is 9.34. The van der Waals surface area contributed by atoms with Gasteiger partial charge in [-0.05, 0) is 56.1 Å². The van der Waals surface area contributed by atoms with Crippen molar-refractivity contribution in [2.24, 2.45) is 0 Å². The lowest BCUT2D eigenvalue weighted by Crippen LogP contribution is -2.15. The van der Waals surface area contributed by atoms with Gasteiger partial charge in [0.25, 0.3) is 11.6 Å². The van der Waals surface area contributed by atoms with Crippen molar-refractivity contribution in [3.8, 4) is 5.75 Å². The second-order valence-electron chi connectivity index (χ2n) is 5.58. The molecule has 0 atom stereocenters. The first-order chi connectivity index (χ1) is 13.7. The third kappa shape index (κ3) is 5.35. The first-order valence-electron chi connectivity index (χ1n) is 7.80. The van der Waals surface area contributed by atoms with Gasteiger partial charge in [0.05, 0.1) is 15.6 Å². The van der Waals surface area contributed by atoms with Crippen molar-refractivity contribution >= 4 is 76.7 Å². The van der Waals surface area contributed by atoms with Crippen LogP contribution in [0.15, 0.2) is 56.0 Å². The van der Waals surface area contributed by atoms with Crippen LogP contribution in [-0.2, 0) is 6.73 Å². The molecule has 0 fully saturated rings. The maximum Gasteiger partial charge on any atom is 0.276 e. The summed E-state index contributed by atoms with van der Waals surface area (Å²) in [5, 5.41) is 18.2. The first kappa shape index (κ1) is 21.8. The number of hydrogen-bond acceptors (Lipinski definition) is 5. The van der Waals surface area contributed by atoms with Gasteiger partial charge in [-0.2, -0.15) is 5.10 Å². The number of aromatic nitrogens is 2. The van der Waals surface area contributed by atoms with Gasteiger partial charge in [-0.25, -0.2) is 4.68 Å². The molecule has 0 aliphatic carbocycles. The SMILES string of the molecule is O=C(Nc1c(Br)cc([N+](=O)[O-])cc1Br)c1ccn(COc2ccc(Br)cc2Cl)n1. The lowest BCUT2D eigenvalue weighted by atomic mass is 10.2. The monoisotopic (exact) mass is 606 g/mol. The van der Waals surface area contributed by atoms with Crippen LogP contribution in [0.2, 0.25) is 5.02 Å². The quantitative estimate of drug-likeness (QED) is 0.272. The number of carbonyl (C=O) groups excluding carboxylic acids is 1. The molecule has 0 saturated heterocycles. The number of benzene rings is 2. The zero-order valence-electron chi connectivity index (χ0n) is 14.2. The maximum atomic E-state index is 12.5. The second kappa shape index (κ2) is 9.24. The average Bonchev–Trinajstić information content (AvgIpc) is 3.12. The smallest absolute Gasteiger partial charge is 0.276 e. The summed E-state index contributed by atoms with van der Waals surface area (Å²) in [6.45, 7) is 0.0551. The molecule has 3 rings (SSSR count). The van der Waals surface area contributed by atoms with Gasteiger partial charge in [0.2, 0.25) is 0 Å². The number of hydrogen-bond donors (Lipinski definition) is 1. The molecule has 1 amide bonds. The summed E-state index contributed by atoms with van der Waals surface area (Å²) < 4.78 is 8.59. The summed E-state index contributed by atoms with van der Waals surface area (Å²) in [5.41, 5.74) is 0.385. The van der Waals surface area contributed by atoms with Crippen molar-refractivity contribution in [3.05, 3.63) is 76.8 Å². The highest BCUT2D eigenvalue weighted by molar-refractivity contribution is 9.11. The minimum Gasteiger partial charge on any atom is -0.470 e. The molecule has 0 radical (unpaired) electrons. The van der Waals surface area contributed by atoms with Gasteiger partial charge < -0.3 is 10.1 Å². The van der Waals surface area contributed by atoms with E-state index in [9.17, 15) is 14.9 Å². The summed E-state index contributed by atoms with van der Waals surface area (Å²) >= 11 is 15.9. The van der Waals surface area contributed by atoms with Crippen LogP contribution >= 0.6 is 59.4 Å². The number of carbonyl (C=O) groups is 1. The number of nitro benzene ring substituents is 1. The van der Waals surface area contributed by atoms with E-state index in [2.05, 4.69) is 58.2 Å². The third-order valence-corrected chi connectivity index (χ3v) is 5.64. The van der Waals surface area contributed by atoms with Crippen LogP contribution in [-0.4, -0.2) is 20.6 Å². The van der Waals surface area contributed by atoms with E-state index in [0.717, 1.165) is 4.47 Å². The Morgan fingerprint density at radius 2 is 1.90 bits per heavy atom. The number of amides is 1. The molecule has 0 spiro atoms. The zero-order valence-corrected chi connectivity index (χ0v) is 19.7. The molecular weight excluding hydrogens is 599 g/mol. The summed E-state index contributed by atoms with van der Waals surface area (Å²) in [6.07, 6.45) is 1.58. The van der Waals surface area contributed by atoms with E-state index in [1.54, 1.807) is 24.4 Å². The fraction of sp³-hybridized carbons (Fsp3) is 0.0588. The maximum absolute atomic E-state index is 12.5. The van der Waals surface area contributed by atoms with E-state index in [-0.39, 0.29) is 18.1 Å². The highest BCUT2D eigenvalue weighted by Crippen LogP contribution is 2.35. The lowest BCUT2D eigenvalue weighted by Gasteiger charge is -2.09. The van der Waals surface area contributed by atoms with Crippen molar-refractivity contribution in [3.63, 3.8) is 0 Å². The molecule has 0 bridgehead atoms. The molecule has 1 heterocycles. The first-order valence-corrected chi connectivity index (χ1v) is 10.6. The van der Waals surface area contributed by atoms with Crippen LogP contribution in [0, 0.1) is 10.1 Å². The van der Waals surface area contributed by atoms with Gasteiger partial charge in [0.15, 0.2) is 12.4 Å². The van der Waals surface area contributed by atoms with Crippen molar-refractivity contribution < 1.29 is 14.5 Å². The van der Waals surface area contributed by atoms with Crippen LogP contribution < -0.4 is 10.1 Å². The van der Waals surface area contributed by atoms with E-state index < -0.39 is 10.8 Å². The Morgan fingerprint density at radius 1 is 1.21 bits per heavy atom. The number of nitrogens with zero attached hydrogens (tertiary/aromatic N) is 3. The lowest BCUT2D eigenvalue weighted by molar-refractivity contribution is -0.385. The number of non-ortho nitro benzene ring substituents is 1. The Hall–Kier alpha value is -1.95. The van der Waals surface area contributed by atoms with Crippen LogP contribution in [0.1, 0.15) is 10.5 Å². The Morgan fingerprint density at radius 3 is 2.52 bits per heavy atom. The molecule has 3 aromatic rings. The van der Waals surface area contributed by atoms with Crippen molar-refractivity contribution in [2.75, 3.05) is 5.32 Å². The second-order valence-corrected chi connectivity index (χ2v) is 8.62. The topological polar surface area (TPSA) is 99.3 Å². The Labute approximate surface area is 194 Å².